The van der Waals surface area contributed by atoms with Gasteiger partial charge in [0.2, 0.25) is 0 Å². The quantitative estimate of drug-likeness (QED) is 0.279. The zero-order valence-electron chi connectivity index (χ0n) is 15.4. The number of nitrogens with one attached hydrogen (secondary N) is 2. The van der Waals surface area contributed by atoms with Crippen LogP contribution in [0.25, 0.3) is 0 Å². The number of benzene rings is 1. The minimum absolute atomic E-state index is 0.152. The second kappa shape index (κ2) is 13.1. The number of anilines is 1. The van der Waals surface area contributed by atoms with E-state index in [1.807, 2.05) is 38.1 Å². The van der Waals surface area contributed by atoms with Gasteiger partial charge in [-0.15, -0.1) is 6.42 Å². The Morgan fingerprint density at radius 1 is 1.20 bits per heavy atom. The molecule has 1 aromatic carbocycles. The molecule has 0 unspecified atom stereocenters. The van der Waals surface area contributed by atoms with Gasteiger partial charge in [-0.05, 0) is 44.5 Å². The minimum atomic E-state index is 0.152. The monoisotopic (exact) mass is 347 g/mol. The molecule has 6 heteroatoms. The van der Waals surface area contributed by atoms with Crippen LogP contribution in [0.15, 0.2) is 29.3 Å². The van der Waals surface area contributed by atoms with E-state index in [4.69, 9.17) is 20.6 Å². The molecule has 0 aliphatic carbocycles. The summed E-state index contributed by atoms with van der Waals surface area (Å²) in [5.74, 6) is 4.03. The summed E-state index contributed by atoms with van der Waals surface area (Å²) in [6.45, 7) is 6.91. The normalized spacial score (nSPS) is 11.2. The van der Waals surface area contributed by atoms with Gasteiger partial charge >= 0.3 is 0 Å². The Labute approximate surface area is 151 Å². The third-order valence-electron chi connectivity index (χ3n) is 3.00. The van der Waals surface area contributed by atoms with Gasteiger partial charge < -0.3 is 24.8 Å². The van der Waals surface area contributed by atoms with Crippen molar-refractivity contribution >= 4 is 11.6 Å². The first-order valence-electron chi connectivity index (χ1n) is 8.48. The van der Waals surface area contributed by atoms with E-state index < -0.39 is 0 Å². The van der Waals surface area contributed by atoms with Gasteiger partial charge in [-0.1, -0.05) is 5.92 Å². The van der Waals surface area contributed by atoms with Crippen LogP contribution in [0.3, 0.4) is 0 Å². The molecule has 6 nitrogen and oxygen atoms in total. The van der Waals surface area contributed by atoms with Crippen molar-refractivity contribution in [3.8, 4) is 18.1 Å². The number of terminal acetylenes is 1. The van der Waals surface area contributed by atoms with Gasteiger partial charge in [-0.25, -0.2) is 0 Å². The van der Waals surface area contributed by atoms with Gasteiger partial charge in [0.05, 0.1) is 25.9 Å². The Kier molecular flexibility index (Phi) is 10.9. The number of nitrogens with zero attached hydrogens (tertiary/aromatic N) is 1. The Hall–Kier alpha value is -2.23. The highest BCUT2D eigenvalue weighted by molar-refractivity contribution is 5.93. The molecule has 138 valence electrons. The topological polar surface area (TPSA) is 64.1 Å². The minimum Gasteiger partial charge on any atom is -0.491 e. The first-order chi connectivity index (χ1) is 12.2. The summed E-state index contributed by atoms with van der Waals surface area (Å²) in [4.78, 5) is 4.50. The van der Waals surface area contributed by atoms with E-state index in [2.05, 4.69) is 21.5 Å². The van der Waals surface area contributed by atoms with Crippen molar-refractivity contribution in [3.05, 3.63) is 24.3 Å². The predicted molar refractivity (Wildman–Crippen MR) is 102 cm³/mol. The molecule has 0 heterocycles. The number of hydrogen-bond acceptors (Lipinski definition) is 4. The van der Waals surface area contributed by atoms with Crippen LogP contribution in [0.5, 0.6) is 5.75 Å². The number of methoxy groups -OCH3 is 1. The lowest BCUT2D eigenvalue weighted by Crippen LogP contribution is -2.31. The highest BCUT2D eigenvalue weighted by atomic mass is 16.5. The molecular weight excluding hydrogens is 318 g/mol. The predicted octanol–water partition coefficient (Wildman–Crippen LogP) is 2.52. The summed E-state index contributed by atoms with van der Waals surface area (Å²) in [5.41, 5.74) is 0.913. The molecule has 1 rings (SSSR count). The van der Waals surface area contributed by atoms with Gasteiger partial charge in [0, 0.05) is 25.9 Å². The average Bonchev–Trinajstić information content (AvgIpc) is 2.59. The number of rotatable bonds is 11. The summed E-state index contributed by atoms with van der Waals surface area (Å²) in [7, 11) is 1.66. The van der Waals surface area contributed by atoms with Gasteiger partial charge in [0.15, 0.2) is 5.96 Å². The molecule has 0 radical (unpaired) electrons. The molecule has 2 N–H and O–H groups in total. The molecule has 0 bridgehead atoms. The van der Waals surface area contributed by atoms with Gasteiger partial charge in [-0.3, -0.25) is 4.99 Å². The lowest BCUT2D eigenvalue weighted by molar-refractivity contribution is 0.0702. The van der Waals surface area contributed by atoms with Gasteiger partial charge in [-0.2, -0.15) is 0 Å². The number of aliphatic imine (C=N–C) groups is 1. The molecule has 1 aromatic rings. The highest BCUT2D eigenvalue weighted by Crippen LogP contribution is 2.16. The van der Waals surface area contributed by atoms with Crippen LogP contribution in [0.4, 0.5) is 5.69 Å². The van der Waals surface area contributed by atoms with E-state index >= 15 is 0 Å². The third-order valence-corrected chi connectivity index (χ3v) is 3.00. The van der Waals surface area contributed by atoms with Crippen molar-refractivity contribution in [2.24, 2.45) is 4.99 Å². The lowest BCUT2D eigenvalue weighted by Gasteiger charge is -2.13. The molecule has 0 amide bonds. The maximum atomic E-state index is 5.64. The van der Waals surface area contributed by atoms with Crippen LogP contribution >= 0.6 is 0 Å². The molecule has 0 spiro atoms. The van der Waals surface area contributed by atoms with E-state index in [0.717, 1.165) is 17.9 Å². The smallest absolute Gasteiger partial charge is 0.196 e. The summed E-state index contributed by atoms with van der Waals surface area (Å²) in [5, 5.41) is 6.32. The molecule has 0 saturated heterocycles. The molecule has 0 atom stereocenters. The Balaban J connectivity index is 2.48. The second-order valence-electron chi connectivity index (χ2n) is 5.56. The molecule has 0 aromatic heterocycles. The SMILES string of the molecule is C#CCNC(=NCCCOCCOC)Nc1ccc(OC(C)C)cc1. The van der Waals surface area contributed by atoms with E-state index in [1.165, 1.54) is 0 Å². The zero-order valence-corrected chi connectivity index (χ0v) is 15.4. The Morgan fingerprint density at radius 3 is 2.60 bits per heavy atom. The van der Waals surface area contributed by atoms with Crippen LogP contribution in [0.2, 0.25) is 0 Å². The fraction of sp³-hybridized carbons (Fsp3) is 0.526. The number of guanidine groups is 1. The molecule has 0 saturated carbocycles. The zero-order chi connectivity index (χ0) is 18.3. The third kappa shape index (κ3) is 10.3. The maximum Gasteiger partial charge on any atom is 0.196 e. The fourth-order valence-electron chi connectivity index (χ4n) is 1.90. The first kappa shape index (κ1) is 20.8. The van der Waals surface area contributed by atoms with Crippen molar-refractivity contribution in [1.29, 1.82) is 0 Å². The van der Waals surface area contributed by atoms with E-state index in [1.54, 1.807) is 7.11 Å². The average molecular weight is 347 g/mol. The van der Waals surface area contributed by atoms with Crippen LogP contribution in [-0.2, 0) is 9.47 Å². The Bertz CT molecular complexity index is 536. The van der Waals surface area contributed by atoms with Crippen molar-refractivity contribution in [3.63, 3.8) is 0 Å². The van der Waals surface area contributed by atoms with E-state index in [0.29, 0.717) is 38.9 Å². The van der Waals surface area contributed by atoms with Crippen molar-refractivity contribution in [2.45, 2.75) is 26.4 Å². The van der Waals surface area contributed by atoms with Crippen molar-refractivity contribution < 1.29 is 14.2 Å². The molecule has 25 heavy (non-hydrogen) atoms. The fourth-order valence-corrected chi connectivity index (χ4v) is 1.90. The van der Waals surface area contributed by atoms with Crippen LogP contribution in [-0.4, -0.2) is 52.1 Å². The summed E-state index contributed by atoms with van der Waals surface area (Å²) in [6.07, 6.45) is 6.29. The van der Waals surface area contributed by atoms with E-state index in [9.17, 15) is 0 Å². The maximum absolute atomic E-state index is 5.64. The standard InChI is InChI=1S/C19H29N3O3/c1-5-11-20-19(21-12-6-13-24-15-14-23-4)22-17-7-9-18(10-8-17)25-16(2)3/h1,7-10,16H,6,11-15H2,2-4H3,(H2,20,21,22). The molecular formula is C19H29N3O3. The van der Waals surface area contributed by atoms with Crippen molar-refractivity contribution in [1.82, 2.24) is 5.32 Å². The second-order valence-corrected chi connectivity index (χ2v) is 5.56. The summed E-state index contributed by atoms with van der Waals surface area (Å²) < 4.78 is 16.0. The number of ether oxygens (including phenoxy) is 3. The van der Waals surface area contributed by atoms with E-state index in [-0.39, 0.29) is 6.10 Å². The first-order valence-corrected chi connectivity index (χ1v) is 8.48. The lowest BCUT2D eigenvalue weighted by atomic mass is 10.3. The summed E-state index contributed by atoms with van der Waals surface area (Å²) in [6, 6.07) is 7.73. The van der Waals surface area contributed by atoms with Gasteiger partial charge in [0.1, 0.15) is 5.75 Å². The largest absolute Gasteiger partial charge is 0.491 e. The van der Waals surface area contributed by atoms with Crippen molar-refractivity contribution in [2.75, 3.05) is 45.3 Å². The molecule has 0 aliphatic rings. The summed E-state index contributed by atoms with van der Waals surface area (Å²) >= 11 is 0. The number of hydrogen-bond donors (Lipinski definition) is 2. The van der Waals surface area contributed by atoms with Crippen LogP contribution in [0.1, 0.15) is 20.3 Å². The molecule has 0 fully saturated rings. The Morgan fingerprint density at radius 2 is 1.96 bits per heavy atom. The highest BCUT2D eigenvalue weighted by Gasteiger charge is 2.01. The van der Waals surface area contributed by atoms with Gasteiger partial charge in [0.25, 0.3) is 0 Å². The van der Waals surface area contributed by atoms with Crippen LogP contribution < -0.4 is 15.4 Å². The molecule has 0 aliphatic heterocycles. The van der Waals surface area contributed by atoms with Crippen LogP contribution in [0, 0.1) is 12.3 Å².